The van der Waals surface area contributed by atoms with Crippen LogP contribution in [0.4, 0.5) is 5.69 Å². The highest BCUT2D eigenvalue weighted by atomic mass is 35.5. The van der Waals surface area contributed by atoms with Crippen LogP contribution in [0, 0.1) is 5.92 Å². The number of nitrogens with one attached hydrogen (secondary N) is 1. The molecule has 0 radical (unpaired) electrons. The molecular weight excluding hydrogens is 264 g/mol. The largest absolute Gasteiger partial charge is 0.330 e. The maximum atomic E-state index is 11.8. The number of ketones is 1. The normalized spacial score (nSPS) is 15.2. The van der Waals surface area contributed by atoms with Crippen molar-refractivity contribution in [3.8, 4) is 0 Å². The molecule has 0 spiro atoms. The SMILES string of the molecule is CC(CN)C(=O)Nc1ccc2c(c1)C(=O)CCC2.Cl. The summed E-state index contributed by atoms with van der Waals surface area (Å²) in [5.41, 5.74) is 7.95. The third kappa shape index (κ3) is 3.55. The van der Waals surface area contributed by atoms with Crippen molar-refractivity contribution in [2.75, 3.05) is 11.9 Å². The minimum Gasteiger partial charge on any atom is -0.330 e. The number of hydrogen-bond acceptors (Lipinski definition) is 3. The van der Waals surface area contributed by atoms with E-state index in [0.717, 1.165) is 24.0 Å². The van der Waals surface area contributed by atoms with Gasteiger partial charge in [-0.1, -0.05) is 13.0 Å². The Bertz CT molecular complexity index is 488. The number of halogens is 1. The van der Waals surface area contributed by atoms with Crippen LogP contribution in [0.25, 0.3) is 0 Å². The Hall–Kier alpha value is -1.39. The van der Waals surface area contributed by atoms with Crippen molar-refractivity contribution in [1.82, 2.24) is 0 Å². The molecular formula is C14H19ClN2O2. The Morgan fingerprint density at radius 1 is 1.42 bits per heavy atom. The van der Waals surface area contributed by atoms with E-state index in [1.54, 1.807) is 13.0 Å². The molecule has 19 heavy (non-hydrogen) atoms. The second-order valence-corrected chi connectivity index (χ2v) is 4.77. The van der Waals surface area contributed by atoms with Gasteiger partial charge in [-0.25, -0.2) is 0 Å². The number of carbonyl (C=O) groups is 2. The summed E-state index contributed by atoms with van der Waals surface area (Å²) in [6, 6.07) is 5.55. The summed E-state index contributed by atoms with van der Waals surface area (Å²) >= 11 is 0. The number of benzene rings is 1. The Kier molecular flexibility index (Phi) is 5.51. The van der Waals surface area contributed by atoms with Crippen LogP contribution >= 0.6 is 12.4 Å². The van der Waals surface area contributed by atoms with Crippen LogP contribution in [0.5, 0.6) is 0 Å². The van der Waals surface area contributed by atoms with E-state index in [-0.39, 0.29) is 30.0 Å². The average Bonchev–Trinajstić information content (AvgIpc) is 2.38. The van der Waals surface area contributed by atoms with Crippen LogP contribution in [0.2, 0.25) is 0 Å². The van der Waals surface area contributed by atoms with Crippen molar-refractivity contribution in [2.45, 2.75) is 26.2 Å². The number of carbonyl (C=O) groups excluding carboxylic acids is 2. The molecule has 0 saturated carbocycles. The molecule has 1 aromatic carbocycles. The van der Waals surface area contributed by atoms with E-state index in [4.69, 9.17) is 5.73 Å². The highest BCUT2D eigenvalue weighted by molar-refractivity contribution is 6.00. The van der Waals surface area contributed by atoms with Crippen molar-refractivity contribution in [3.63, 3.8) is 0 Å². The number of aryl methyl sites for hydroxylation is 1. The van der Waals surface area contributed by atoms with Gasteiger partial charge in [0, 0.05) is 30.1 Å². The molecule has 1 aliphatic rings. The first kappa shape index (κ1) is 15.7. The summed E-state index contributed by atoms with van der Waals surface area (Å²) < 4.78 is 0. The fraction of sp³-hybridized carbons (Fsp3) is 0.429. The van der Waals surface area contributed by atoms with E-state index in [1.807, 2.05) is 12.1 Å². The molecule has 1 aromatic rings. The summed E-state index contributed by atoms with van der Waals surface area (Å²) in [6.07, 6.45) is 2.46. The third-order valence-corrected chi connectivity index (χ3v) is 3.33. The summed E-state index contributed by atoms with van der Waals surface area (Å²) in [6.45, 7) is 2.09. The smallest absolute Gasteiger partial charge is 0.228 e. The summed E-state index contributed by atoms with van der Waals surface area (Å²) in [4.78, 5) is 23.5. The molecule has 5 heteroatoms. The van der Waals surface area contributed by atoms with E-state index in [1.165, 1.54) is 0 Å². The highest BCUT2D eigenvalue weighted by Crippen LogP contribution is 2.24. The summed E-state index contributed by atoms with van der Waals surface area (Å²) in [5, 5.41) is 2.79. The number of hydrogen-bond donors (Lipinski definition) is 2. The maximum Gasteiger partial charge on any atom is 0.228 e. The van der Waals surface area contributed by atoms with Gasteiger partial charge in [0.25, 0.3) is 0 Å². The number of amides is 1. The molecule has 3 N–H and O–H groups in total. The first-order valence-electron chi connectivity index (χ1n) is 6.29. The minimum atomic E-state index is -0.225. The van der Waals surface area contributed by atoms with Crippen molar-refractivity contribution in [3.05, 3.63) is 29.3 Å². The molecule has 0 saturated heterocycles. The molecule has 4 nitrogen and oxygen atoms in total. The van der Waals surface area contributed by atoms with Gasteiger partial charge in [0.05, 0.1) is 0 Å². The van der Waals surface area contributed by atoms with Gasteiger partial charge >= 0.3 is 0 Å². The van der Waals surface area contributed by atoms with Crippen LogP contribution in [-0.2, 0) is 11.2 Å². The molecule has 104 valence electrons. The number of anilines is 1. The van der Waals surface area contributed by atoms with Gasteiger partial charge in [-0.15, -0.1) is 12.4 Å². The Balaban J connectivity index is 0.00000180. The fourth-order valence-electron chi connectivity index (χ4n) is 2.08. The lowest BCUT2D eigenvalue weighted by Gasteiger charge is -2.16. The topological polar surface area (TPSA) is 72.2 Å². The van der Waals surface area contributed by atoms with Crippen molar-refractivity contribution in [1.29, 1.82) is 0 Å². The van der Waals surface area contributed by atoms with E-state index in [0.29, 0.717) is 18.7 Å². The van der Waals surface area contributed by atoms with Crippen LogP contribution in [-0.4, -0.2) is 18.2 Å². The minimum absolute atomic E-state index is 0. The quantitative estimate of drug-likeness (QED) is 0.892. The lowest BCUT2D eigenvalue weighted by Crippen LogP contribution is -2.26. The number of Topliss-reactive ketones (excluding diaryl/α,β-unsaturated/α-hetero) is 1. The monoisotopic (exact) mass is 282 g/mol. The van der Waals surface area contributed by atoms with E-state index in [2.05, 4.69) is 5.32 Å². The molecule has 1 amide bonds. The zero-order chi connectivity index (χ0) is 13.1. The molecule has 0 fully saturated rings. The van der Waals surface area contributed by atoms with Gasteiger partial charge in [-0.2, -0.15) is 0 Å². The van der Waals surface area contributed by atoms with Gasteiger partial charge in [0.1, 0.15) is 0 Å². The van der Waals surface area contributed by atoms with Gasteiger partial charge in [-0.3, -0.25) is 9.59 Å². The summed E-state index contributed by atoms with van der Waals surface area (Å²) in [5.74, 6) is -0.170. The molecule has 1 aliphatic carbocycles. The van der Waals surface area contributed by atoms with Crippen molar-refractivity contribution in [2.24, 2.45) is 11.7 Å². The van der Waals surface area contributed by atoms with Crippen LogP contribution in [0.15, 0.2) is 18.2 Å². The lowest BCUT2D eigenvalue weighted by molar-refractivity contribution is -0.119. The standard InChI is InChI=1S/C14H18N2O2.ClH/c1-9(8-15)14(18)16-11-6-5-10-3-2-4-13(17)12(10)7-11;/h5-7,9H,2-4,8,15H2,1H3,(H,16,18);1H. The Morgan fingerprint density at radius 2 is 2.16 bits per heavy atom. The Morgan fingerprint density at radius 3 is 2.84 bits per heavy atom. The molecule has 0 aliphatic heterocycles. The van der Waals surface area contributed by atoms with Crippen molar-refractivity contribution < 1.29 is 9.59 Å². The van der Waals surface area contributed by atoms with Crippen LogP contribution in [0.3, 0.4) is 0 Å². The first-order valence-corrected chi connectivity index (χ1v) is 6.29. The van der Waals surface area contributed by atoms with E-state index < -0.39 is 0 Å². The van der Waals surface area contributed by atoms with Gasteiger partial charge in [-0.05, 0) is 30.5 Å². The lowest BCUT2D eigenvalue weighted by atomic mass is 9.90. The summed E-state index contributed by atoms with van der Waals surface area (Å²) in [7, 11) is 0. The average molecular weight is 283 g/mol. The number of fused-ring (bicyclic) bond motifs is 1. The molecule has 1 unspecified atom stereocenters. The number of rotatable bonds is 3. The van der Waals surface area contributed by atoms with Gasteiger partial charge in [0.2, 0.25) is 5.91 Å². The predicted octanol–water partition coefficient (Wildman–Crippen LogP) is 2.16. The zero-order valence-electron chi connectivity index (χ0n) is 10.9. The first-order chi connectivity index (χ1) is 8.61. The zero-order valence-corrected chi connectivity index (χ0v) is 11.8. The Labute approximate surface area is 119 Å². The van der Waals surface area contributed by atoms with Crippen LogP contribution < -0.4 is 11.1 Å². The second-order valence-electron chi connectivity index (χ2n) is 4.77. The predicted molar refractivity (Wildman–Crippen MR) is 77.8 cm³/mol. The van der Waals surface area contributed by atoms with E-state index in [9.17, 15) is 9.59 Å². The molecule has 1 atom stereocenters. The molecule has 0 heterocycles. The van der Waals surface area contributed by atoms with Gasteiger partial charge in [0.15, 0.2) is 5.78 Å². The second kappa shape index (κ2) is 6.68. The maximum absolute atomic E-state index is 11.8. The van der Waals surface area contributed by atoms with Crippen molar-refractivity contribution >= 4 is 29.8 Å². The fourth-order valence-corrected chi connectivity index (χ4v) is 2.08. The molecule has 0 aromatic heterocycles. The molecule has 2 rings (SSSR count). The van der Waals surface area contributed by atoms with Crippen LogP contribution in [0.1, 0.15) is 35.7 Å². The third-order valence-electron chi connectivity index (χ3n) is 3.33. The highest BCUT2D eigenvalue weighted by Gasteiger charge is 2.18. The number of nitrogens with two attached hydrogens (primary N) is 1. The van der Waals surface area contributed by atoms with E-state index >= 15 is 0 Å². The molecule has 0 bridgehead atoms. The van der Waals surface area contributed by atoms with Gasteiger partial charge < -0.3 is 11.1 Å².